The van der Waals surface area contributed by atoms with E-state index in [0.29, 0.717) is 41.5 Å². The first kappa shape index (κ1) is 34.9. The summed E-state index contributed by atoms with van der Waals surface area (Å²) in [7, 11) is -9.53. The van der Waals surface area contributed by atoms with Crippen LogP contribution < -0.4 is 47.4 Å². The average molecular weight is 1700 g/mol. The molecule has 0 amide bonds. The quantitative estimate of drug-likeness (QED) is 0.0598. The minimum absolute atomic E-state index is 0.00528. The molecule has 0 aromatic heterocycles. The number of hydrogen-bond acceptors (Lipinski definition) is 20. The molecule has 0 saturated carbocycles. The normalized spacial score (nSPS) is 46.7. The number of piperidine rings is 5. The third-order valence-corrected chi connectivity index (χ3v) is 19.3. The van der Waals surface area contributed by atoms with Gasteiger partial charge in [-0.15, -0.1) is 0 Å². The number of carbonyl (C=O) groups is 5. The molecule has 0 aliphatic carbocycles. The number of Topliss-reactive ketones (excluding diaryl/α,β-unsaturated/α-hetero) is 5. The maximum absolute atomic E-state index is 13.9. The first-order valence-electron chi connectivity index (χ1n) is 73.4. The maximum Gasteiger partial charge on any atom is 0.161 e. The molecule has 5 saturated heterocycles. The minimum Gasteiger partial charge on any atom is -0.493 e. The highest BCUT2D eigenvalue weighted by molar-refractivity contribution is 5.86. The van der Waals surface area contributed by atoms with Gasteiger partial charge in [-0.3, -0.25) is 48.5 Å². The van der Waals surface area contributed by atoms with Gasteiger partial charge in [0.1, 0.15) is 28.9 Å². The third-order valence-electron chi connectivity index (χ3n) is 19.3. The minimum atomic E-state index is -4.13. The molecule has 0 radical (unpaired) electrons. The van der Waals surface area contributed by atoms with E-state index >= 15 is 0 Å². The Hall–Kier alpha value is -7.75. The van der Waals surface area contributed by atoms with Crippen LogP contribution in [0.2, 0.25) is 0 Å². The third kappa shape index (κ3) is 21.0. The van der Waals surface area contributed by atoms with Crippen molar-refractivity contribution in [2.75, 3.05) is 136 Å². The van der Waals surface area contributed by atoms with E-state index in [1.165, 1.54) is 7.11 Å². The Bertz CT molecular complexity index is 7760. The van der Waals surface area contributed by atoms with Gasteiger partial charge in [0.15, 0.2) is 57.5 Å². The lowest BCUT2D eigenvalue weighted by atomic mass is 9.79. The van der Waals surface area contributed by atoms with E-state index in [2.05, 4.69) is 0 Å². The highest BCUT2D eigenvalue weighted by Crippen LogP contribution is 2.49. The van der Waals surface area contributed by atoms with E-state index in [-0.39, 0.29) is 79.9 Å². The van der Waals surface area contributed by atoms with Crippen molar-refractivity contribution in [2.24, 2.45) is 59.1 Å². The summed E-state index contributed by atoms with van der Waals surface area (Å²) in [5.41, 5.74) is -5.19. The molecule has 5 aromatic carbocycles. The van der Waals surface area contributed by atoms with Gasteiger partial charge in [-0.05, 0) is 210 Å². The number of rotatable bonds is 23. The molecule has 0 spiro atoms. The first-order valence-corrected chi connectivity index (χ1v) is 36.4. The summed E-state index contributed by atoms with van der Waals surface area (Å²) in [6.45, 7) is -28.8. The van der Waals surface area contributed by atoms with Crippen molar-refractivity contribution in [3.8, 4) is 57.5 Å². The SMILES string of the molecule is [2H]C([2H])([2H])Oc1cc2c(cc1OC)C([2H])([2H])C([2H])([2H])N1C2([2H])CC(=O)C(C([2H])([2H])C([2H])(C([2H])([2H])[2H])C([2H])([2H])C)C1([2H])[2H].[2H]C([2H])([2H])Oc1cc2c(cc1OC)C([2H])([2H])C([2H])([2H])N1C2([2H])CC(=O)C(CC(C)C)C1([2H])[2H].[2H]C([2H])([2H])Oc1cc2c(cc1OC)C([2H])([2H])C([2H])([2H])N1CC(C([2H])([2H])C([2H])(C([2H])([2H])[2H])C([2H])([2H])C)C(=O)CC21[2H].[2H]C([2H])([2H])Oc1cc2c(cc1OC)C([2H])([2H])C([2H])([2H])N1CC([2H])(C([2H])([2H])C([2H])(C([2H])([2H])[2H])C([2H])([2H])C)C(=O)C([2H])([2H])C21[2H].[2H]C([2H])([2H])Oc1cc2c(cc1OC)C([2H])([2H])C([2H])([2H])N1CC([2H])(CC(C)C)C(=O)C([2H])([2H])C21[2H]. The van der Waals surface area contributed by atoms with Crippen LogP contribution in [0.15, 0.2) is 60.7 Å². The van der Waals surface area contributed by atoms with Crippen LogP contribution in [0.25, 0.3) is 0 Å². The summed E-state index contributed by atoms with van der Waals surface area (Å²) in [6.07, 6.45) is -46.3. The Morgan fingerprint density at radius 3 is 1.00 bits per heavy atom. The number of benzene rings is 5. The lowest BCUT2D eigenvalue weighted by molar-refractivity contribution is -0.130. The first-order chi connectivity index (χ1) is 84.7. The molecule has 15 rings (SSSR count). The number of nitrogens with zero attached hydrogens (tertiary/aromatic N) is 5. The van der Waals surface area contributed by atoms with Crippen LogP contribution in [0.4, 0.5) is 0 Å². The van der Waals surface area contributed by atoms with Gasteiger partial charge < -0.3 is 47.4 Å². The van der Waals surface area contributed by atoms with Gasteiger partial charge in [0.05, 0.1) is 98.2 Å². The summed E-state index contributed by atoms with van der Waals surface area (Å²) in [4.78, 5) is 69.0. The van der Waals surface area contributed by atoms with Crippen LogP contribution in [-0.2, 0) is 55.8 Å². The Kier molecular flexibility index (Phi) is 12.3. The summed E-state index contributed by atoms with van der Waals surface area (Å²) in [5, 5.41) is 0. The molecule has 10 heterocycles. The Morgan fingerprint density at radius 2 is 0.653 bits per heavy atom. The zero-order valence-corrected chi connectivity index (χ0v) is 66.2. The van der Waals surface area contributed by atoms with E-state index in [9.17, 15) is 28.1 Å². The van der Waals surface area contributed by atoms with Crippen LogP contribution in [0.3, 0.4) is 0 Å². The molecule has 0 bridgehead atoms. The topological polar surface area (TPSA) is 194 Å². The number of carbonyl (C=O) groups excluding carboxylic acids is 5. The van der Waals surface area contributed by atoms with Gasteiger partial charge in [0, 0.05) is 231 Å². The molecule has 13 atom stereocenters. The lowest BCUT2D eigenvalue weighted by Gasteiger charge is -2.43. The van der Waals surface area contributed by atoms with Crippen molar-refractivity contribution < 1.29 is 173 Å². The van der Waals surface area contributed by atoms with Crippen molar-refractivity contribution in [1.82, 2.24) is 24.5 Å². The second kappa shape index (κ2) is 41.7. The second-order valence-corrected chi connectivity index (χ2v) is 27.7. The zero-order chi connectivity index (χ0) is 150. The number of aryl methyl sites for hydroxylation is 5. The van der Waals surface area contributed by atoms with Gasteiger partial charge >= 0.3 is 0 Å². The summed E-state index contributed by atoms with van der Waals surface area (Å²) in [6, 6.07) is -4.95. The van der Waals surface area contributed by atoms with Crippen LogP contribution in [-0.4, -0.2) is 189 Å². The average Bonchev–Trinajstić information content (AvgIpc) is 0.653. The van der Waals surface area contributed by atoms with Crippen LogP contribution in [0.1, 0.15) is 339 Å². The van der Waals surface area contributed by atoms with Crippen molar-refractivity contribution in [3.63, 3.8) is 0 Å². The van der Waals surface area contributed by atoms with Crippen LogP contribution >= 0.6 is 0 Å². The molecule has 118 heavy (non-hydrogen) atoms. The number of hydrogen-bond donors (Lipinski definition) is 0. The Balaban J connectivity index is 0.000000222. The summed E-state index contributed by atoms with van der Waals surface area (Å²) in [5.74, 6) is -34.6. The number of ether oxygens (including phenoxy) is 10. The van der Waals surface area contributed by atoms with Gasteiger partial charge in [-0.1, -0.05) is 88.1 Å². The zero-order valence-electron chi connectivity index (χ0n) is 140. The Morgan fingerprint density at radius 1 is 0.364 bits per heavy atom. The van der Waals surface area contributed by atoms with Crippen LogP contribution in [0.5, 0.6) is 57.5 Å². The second-order valence-electron chi connectivity index (χ2n) is 27.7. The van der Waals surface area contributed by atoms with Gasteiger partial charge in [0.25, 0.3) is 0 Å². The molecule has 5 fully saturated rings. The molecular formula is C98H141N5O15. The fourth-order valence-electron chi connectivity index (χ4n) is 13.4. The maximum atomic E-state index is 13.9. The molecule has 10 aliphatic heterocycles. The van der Waals surface area contributed by atoms with E-state index < -0.39 is 397 Å². The molecule has 5 aromatic rings. The van der Waals surface area contributed by atoms with E-state index in [1.807, 2.05) is 0 Å². The molecule has 13 unspecified atom stereocenters. The Labute approximate surface area is 809 Å². The molecular weight excluding hydrogens is 1490 g/mol. The van der Waals surface area contributed by atoms with Gasteiger partial charge in [0.2, 0.25) is 0 Å². The molecule has 20 nitrogen and oxygen atoms in total. The summed E-state index contributed by atoms with van der Waals surface area (Å²) < 4.78 is 662. The fourth-order valence-corrected chi connectivity index (χ4v) is 13.4. The van der Waals surface area contributed by atoms with Crippen LogP contribution in [0, 0.1) is 59.1 Å². The predicted octanol–water partition coefficient (Wildman–Crippen LogP) is 17.4. The van der Waals surface area contributed by atoms with Crippen molar-refractivity contribution in [3.05, 3.63) is 116 Å². The molecule has 648 valence electrons. The van der Waals surface area contributed by atoms with E-state index in [4.69, 9.17) is 145 Å². The number of methoxy groups -OCH3 is 10. The highest BCUT2D eigenvalue weighted by Gasteiger charge is 2.45. The molecule has 0 N–H and O–H groups in total. The lowest BCUT2D eigenvalue weighted by Crippen LogP contribution is -2.46. The summed E-state index contributed by atoms with van der Waals surface area (Å²) >= 11 is 0. The van der Waals surface area contributed by atoms with Gasteiger partial charge in [-0.25, -0.2) is 0 Å². The monoisotopic (exact) mass is 1700 g/mol. The molecule has 20 heteroatoms. The standard InChI is InChI=1S/3C20H29NO3.2C19H27NO3/c3*1-5-13(2)8-15-12-21-7-6-14-9-19(23-3)20(24-4)10-16(14)17(21)11-18(15)22;2*1-12(2)7-14-11-20-6-5-13-8-18(22-3)19(23-4)9-15(13)16(20)10-17(14)21/h3*9-10,13,15,17H,5-8,11-12H2,1-4H3;2*8-9,12,14,16H,5-7,10-11H2,1-4H3/i2D3,4D3,5D2,6D2,7D2,8D2,11D2,13D,15D,17D;2D3,4D3,5D2,6D2,7D2,8D2,12D2,13D,17D;2D3,4D3,5D2,6D2,7D2,8D2,13D,17D;4D3,5D2,6D2,10D2,14D,16D;4D3,5D2,6D2,11D2,16D. The molecule has 10 aliphatic rings. The fraction of sp³-hybridized carbons (Fsp3) is 0.643. The van der Waals surface area contributed by atoms with E-state index in [0.717, 1.165) is 83.0 Å². The van der Waals surface area contributed by atoms with Crippen molar-refractivity contribution in [2.45, 2.75) is 214 Å². The van der Waals surface area contributed by atoms with E-state index in [1.54, 1.807) is 27.7 Å². The van der Waals surface area contributed by atoms with Crippen molar-refractivity contribution >= 4 is 28.9 Å². The van der Waals surface area contributed by atoms with Gasteiger partial charge in [-0.2, -0.15) is 0 Å². The van der Waals surface area contributed by atoms with Crippen molar-refractivity contribution in [1.29, 1.82) is 0 Å². The largest absolute Gasteiger partial charge is 0.493 e. The number of ketones is 5. The highest BCUT2D eigenvalue weighted by atomic mass is 16.5. The number of fused-ring (bicyclic) bond motifs is 15. The predicted molar refractivity (Wildman–Crippen MR) is 465 cm³/mol. The smallest absolute Gasteiger partial charge is 0.161 e.